The molecule has 7 nitrogen and oxygen atoms in total. The number of nitrogens with zero attached hydrogens (tertiary/aromatic N) is 1. The molecule has 0 radical (unpaired) electrons. The van der Waals surface area contributed by atoms with E-state index in [0.717, 1.165) is 0 Å². The van der Waals surface area contributed by atoms with Gasteiger partial charge < -0.3 is 19.5 Å². The van der Waals surface area contributed by atoms with Gasteiger partial charge in [-0.2, -0.15) is 0 Å². The summed E-state index contributed by atoms with van der Waals surface area (Å²) in [5, 5.41) is 8.84. The van der Waals surface area contributed by atoms with Crippen molar-refractivity contribution in [1.29, 1.82) is 0 Å². The van der Waals surface area contributed by atoms with E-state index in [9.17, 15) is 14.4 Å². The number of esters is 2. The zero-order valence-electron chi connectivity index (χ0n) is 13.8. The number of carbonyl (C=O) groups is 3. The predicted octanol–water partition coefficient (Wildman–Crippen LogP) is 1.80. The number of aliphatic carboxylic acids is 1. The van der Waals surface area contributed by atoms with Gasteiger partial charge in [-0.25, -0.2) is 9.59 Å². The van der Waals surface area contributed by atoms with Gasteiger partial charge in [-0.15, -0.1) is 0 Å². The first-order valence-electron chi connectivity index (χ1n) is 7.33. The Morgan fingerprint density at radius 2 is 1.64 bits per heavy atom. The maximum absolute atomic E-state index is 12.3. The molecule has 0 unspecified atom stereocenters. The van der Waals surface area contributed by atoms with Gasteiger partial charge in [-0.3, -0.25) is 4.79 Å². The standard InChI is InChI=1S/C18H17NO6/c1-24-17(22)14-5-3-4-10-19(16(14)18(23)25-2)13-8-6-12(7-9-13)11-15(20)21/h3-10H,11H2,1-2H3,(H,20,21). The Kier molecular flexibility index (Phi) is 5.73. The summed E-state index contributed by atoms with van der Waals surface area (Å²) in [5.74, 6) is -2.31. The molecular formula is C18H17NO6. The maximum atomic E-state index is 12.3. The lowest BCUT2D eigenvalue weighted by molar-refractivity contribution is -0.139. The van der Waals surface area contributed by atoms with Crippen molar-refractivity contribution in [1.82, 2.24) is 0 Å². The monoisotopic (exact) mass is 343 g/mol. The topological polar surface area (TPSA) is 93.1 Å². The fourth-order valence-corrected chi connectivity index (χ4v) is 2.31. The molecule has 0 saturated heterocycles. The molecule has 0 fully saturated rings. The van der Waals surface area contributed by atoms with E-state index in [1.54, 1.807) is 42.6 Å². The number of allylic oxidation sites excluding steroid dienone is 2. The molecule has 1 aliphatic rings. The van der Waals surface area contributed by atoms with Crippen LogP contribution in [0.2, 0.25) is 0 Å². The van der Waals surface area contributed by atoms with E-state index in [1.807, 2.05) is 0 Å². The number of methoxy groups -OCH3 is 2. The van der Waals surface area contributed by atoms with Gasteiger partial charge in [0.05, 0.1) is 26.2 Å². The number of carbonyl (C=O) groups excluding carboxylic acids is 2. The van der Waals surface area contributed by atoms with Crippen LogP contribution in [-0.4, -0.2) is 37.2 Å². The minimum absolute atomic E-state index is 0.00494. The van der Waals surface area contributed by atoms with Gasteiger partial charge in [0.1, 0.15) is 5.70 Å². The molecule has 0 saturated carbocycles. The quantitative estimate of drug-likeness (QED) is 0.815. The van der Waals surface area contributed by atoms with E-state index < -0.39 is 17.9 Å². The summed E-state index contributed by atoms with van der Waals surface area (Å²) < 4.78 is 9.55. The van der Waals surface area contributed by atoms with Crippen LogP contribution in [0.4, 0.5) is 5.69 Å². The van der Waals surface area contributed by atoms with E-state index >= 15 is 0 Å². The SMILES string of the molecule is COC(=O)C1=C(C(=O)OC)N(c2ccc(CC(=O)O)cc2)C=CC=C1. The predicted molar refractivity (Wildman–Crippen MR) is 89.6 cm³/mol. The molecule has 0 amide bonds. The second-order valence-corrected chi connectivity index (χ2v) is 5.05. The molecule has 0 aliphatic carbocycles. The number of ether oxygens (including phenoxy) is 2. The Morgan fingerprint density at radius 3 is 2.20 bits per heavy atom. The van der Waals surface area contributed by atoms with Crippen molar-refractivity contribution >= 4 is 23.6 Å². The lowest BCUT2D eigenvalue weighted by Crippen LogP contribution is -2.26. The molecule has 1 aromatic carbocycles. The lowest BCUT2D eigenvalue weighted by atomic mass is 10.1. The second-order valence-electron chi connectivity index (χ2n) is 5.05. The minimum Gasteiger partial charge on any atom is -0.481 e. The molecule has 0 spiro atoms. The number of carboxylic acids is 1. The van der Waals surface area contributed by atoms with Crippen LogP contribution in [0.1, 0.15) is 5.56 Å². The highest BCUT2D eigenvalue weighted by Crippen LogP contribution is 2.26. The third-order valence-corrected chi connectivity index (χ3v) is 3.46. The molecule has 2 rings (SSSR count). The molecular weight excluding hydrogens is 326 g/mol. The van der Waals surface area contributed by atoms with Crippen molar-refractivity contribution in [3.63, 3.8) is 0 Å². The van der Waals surface area contributed by atoms with Crippen LogP contribution in [-0.2, 0) is 30.3 Å². The van der Waals surface area contributed by atoms with Gasteiger partial charge in [0.25, 0.3) is 0 Å². The highest BCUT2D eigenvalue weighted by molar-refractivity contribution is 6.05. The maximum Gasteiger partial charge on any atom is 0.355 e. The highest BCUT2D eigenvalue weighted by Gasteiger charge is 2.27. The molecule has 25 heavy (non-hydrogen) atoms. The molecule has 1 aliphatic heterocycles. The average Bonchev–Trinajstić information content (AvgIpc) is 2.83. The van der Waals surface area contributed by atoms with E-state index in [0.29, 0.717) is 11.3 Å². The normalized spacial score (nSPS) is 13.4. The van der Waals surface area contributed by atoms with E-state index in [4.69, 9.17) is 14.6 Å². The van der Waals surface area contributed by atoms with Crippen LogP contribution in [0.5, 0.6) is 0 Å². The Balaban J connectivity index is 2.51. The van der Waals surface area contributed by atoms with Crippen LogP contribution in [0.25, 0.3) is 0 Å². The van der Waals surface area contributed by atoms with Crippen LogP contribution in [0.3, 0.4) is 0 Å². The number of rotatable bonds is 5. The molecule has 1 aromatic rings. The Bertz CT molecular complexity index is 773. The zero-order chi connectivity index (χ0) is 18.4. The third-order valence-electron chi connectivity index (χ3n) is 3.46. The summed E-state index contributed by atoms with van der Waals surface area (Å²) in [5.41, 5.74) is 1.24. The number of anilines is 1. The van der Waals surface area contributed by atoms with Crippen LogP contribution in [0, 0.1) is 0 Å². The van der Waals surface area contributed by atoms with Crippen LogP contribution >= 0.6 is 0 Å². The third kappa shape index (κ3) is 4.14. The summed E-state index contributed by atoms with van der Waals surface area (Å²) in [6.07, 6.45) is 6.22. The summed E-state index contributed by atoms with van der Waals surface area (Å²) in [6.45, 7) is 0. The van der Waals surface area contributed by atoms with E-state index in [-0.39, 0.29) is 17.7 Å². The largest absolute Gasteiger partial charge is 0.481 e. The number of carboxylic acid groups (broad SMARTS) is 1. The highest BCUT2D eigenvalue weighted by atomic mass is 16.5. The molecule has 7 heteroatoms. The zero-order valence-corrected chi connectivity index (χ0v) is 13.8. The van der Waals surface area contributed by atoms with Crippen molar-refractivity contribution in [2.75, 3.05) is 19.1 Å². The first-order chi connectivity index (χ1) is 12.0. The van der Waals surface area contributed by atoms with Crippen molar-refractivity contribution in [3.05, 3.63) is 65.5 Å². The lowest BCUT2D eigenvalue weighted by Gasteiger charge is -2.23. The molecule has 130 valence electrons. The molecule has 1 N–H and O–H groups in total. The Labute approximate surface area is 144 Å². The summed E-state index contributed by atoms with van der Waals surface area (Å²) in [6, 6.07) is 6.60. The average molecular weight is 343 g/mol. The minimum atomic E-state index is -0.935. The first-order valence-corrected chi connectivity index (χ1v) is 7.33. The van der Waals surface area contributed by atoms with Gasteiger partial charge in [-0.05, 0) is 29.8 Å². The van der Waals surface area contributed by atoms with Gasteiger partial charge in [0.15, 0.2) is 0 Å². The van der Waals surface area contributed by atoms with Gasteiger partial charge in [-0.1, -0.05) is 18.2 Å². The van der Waals surface area contributed by atoms with E-state index in [1.165, 1.54) is 25.2 Å². The number of benzene rings is 1. The van der Waals surface area contributed by atoms with E-state index in [2.05, 4.69) is 0 Å². The van der Waals surface area contributed by atoms with Gasteiger partial charge >= 0.3 is 17.9 Å². The molecule has 0 aromatic heterocycles. The molecule has 0 atom stereocenters. The first kappa shape index (κ1) is 18.0. The summed E-state index contributed by atoms with van der Waals surface area (Å²) in [7, 11) is 2.44. The van der Waals surface area contributed by atoms with Crippen LogP contribution < -0.4 is 4.90 Å². The van der Waals surface area contributed by atoms with Gasteiger partial charge in [0, 0.05) is 11.9 Å². The number of hydrogen-bond donors (Lipinski definition) is 1. The Morgan fingerprint density at radius 1 is 1.00 bits per heavy atom. The number of hydrogen-bond acceptors (Lipinski definition) is 6. The fraction of sp³-hybridized carbons (Fsp3) is 0.167. The van der Waals surface area contributed by atoms with Crippen molar-refractivity contribution in [3.8, 4) is 0 Å². The summed E-state index contributed by atoms with van der Waals surface area (Å²) >= 11 is 0. The molecule has 1 heterocycles. The second kappa shape index (κ2) is 7.96. The fourth-order valence-electron chi connectivity index (χ4n) is 2.31. The summed E-state index contributed by atoms with van der Waals surface area (Å²) in [4.78, 5) is 36.6. The van der Waals surface area contributed by atoms with Crippen molar-refractivity contribution in [2.24, 2.45) is 0 Å². The van der Waals surface area contributed by atoms with Gasteiger partial charge in [0.2, 0.25) is 0 Å². The van der Waals surface area contributed by atoms with Crippen LogP contribution in [0.15, 0.2) is 60.0 Å². The molecule has 0 bridgehead atoms. The van der Waals surface area contributed by atoms with Crippen molar-refractivity contribution in [2.45, 2.75) is 6.42 Å². The smallest absolute Gasteiger partial charge is 0.355 e. The van der Waals surface area contributed by atoms with Crippen molar-refractivity contribution < 1.29 is 29.0 Å². The Hall–Kier alpha value is -3.35.